The number of hydrogen-bond donors (Lipinski definition) is 1. The normalized spacial score (nSPS) is 10.9. The second-order valence-corrected chi connectivity index (χ2v) is 8.00. The highest BCUT2D eigenvalue weighted by molar-refractivity contribution is 5.54. The average molecular weight is 478 g/mol. The van der Waals surface area contributed by atoms with Crippen LogP contribution in [-0.4, -0.2) is 28.2 Å². The zero-order chi connectivity index (χ0) is 25.5. The second kappa shape index (κ2) is 11.5. The van der Waals surface area contributed by atoms with Gasteiger partial charge in [0.25, 0.3) is 0 Å². The second-order valence-electron chi connectivity index (χ2n) is 8.00. The Hall–Kier alpha value is -3.56. The Morgan fingerprint density at radius 3 is 2.26 bits per heavy atom. The molecule has 0 saturated heterocycles. The summed E-state index contributed by atoms with van der Waals surface area (Å²) in [6.07, 6.45) is -3.03. The highest BCUT2D eigenvalue weighted by Crippen LogP contribution is 2.31. The molecule has 0 aliphatic carbocycles. The number of benzene rings is 2. The predicted molar refractivity (Wildman–Crippen MR) is 129 cm³/mol. The summed E-state index contributed by atoms with van der Waals surface area (Å²) in [5, 5.41) is 2.59. The van der Waals surface area contributed by atoms with Gasteiger partial charge in [0.15, 0.2) is 0 Å². The van der Waals surface area contributed by atoms with Crippen molar-refractivity contribution in [1.82, 2.24) is 14.1 Å². The van der Waals surface area contributed by atoms with Gasteiger partial charge in [0.1, 0.15) is 0 Å². The fraction of sp³-hybridized carbons (Fsp3) is 0.375. The molecule has 3 rings (SSSR count). The lowest BCUT2D eigenvalue weighted by Crippen LogP contribution is -2.41. The maximum atomic E-state index is 12.7. The summed E-state index contributed by atoms with van der Waals surface area (Å²) in [7, 11) is 5.49. The smallest absolute Gasteiger partial charge is 0.378 e. The monoisotopic (exact) mass is 477 g/mol. The van der Waals surface area contributed by atoms with Gasteiger partial charge in [-0.15, -0.1) is 0 Å². The molecular weight excluding hydrogens is 447 g/mol. The molecule has 1 N–H and O–H groups in total. The van der Waals surface area contributed by atoms with E-state index in [-0.39, 0.29) is 18.2 Å². The van der Waals surface area contributed by atoms with E-state index in [4.69, 9.17) is 0 Å². The molecule has 7 nitrogen and oxygen atoms in total. The molecule has 184 valence electrons. The van der Waals surface area contributed by atoms with Crippen LogP contribution >= 0.6 is 0 Å². The molecule has 0 aliphatic rings. The molecule has 3 aromatic rings. The van der Waals surface area contributed by atoms with E-state index in [0.717, 1.165) is 27.7 Å². The molecule has 1 heterocycles. The summed E-state index contributed by atoms with van der Waals surface area (Å²) in [6.45, 7) is 4.27. The number of hydrogen-bond acceptors (Lipinski definition) is 5. The number of unbranched alkanes of at least 4 members (excludes halogenated alkanes) is 1. The van der Waals surface area contributed by atoms with Crippen molar-refractivity contribution in [3.63, 3.8) is 0 Å². The van der Waals surface area contributed by atoms with E-state index in [2.05, 4.69) is 46.4 Å². The largest absolute Gasteiger partial charge is 0.416 e. The first-order valence-electron chi connectivity index (χ1n) is 10.8. The van der Waals surface area contributed by atoms with Crippen molar-refractivity contribution in [1.29, 1.82) is 0 Å². The summed E-state index contributed by atoms with van der Waals surface area (Å²) in [4.78, 5) is 30.0. The summed E-state index contributed by atoms with van der Waals surface area (Å²) < 4.78 is 40.3. The zero-order valence-electron chi connectivity index (χ0n) is 20.0. The Balaban J connectivity index is 0.000000340. The molecule has 0 atom stereocenters. The highest BCUT2D eigenvalue weighted by atomic mass is 19.4. The van der Waals surface area contributed by atoms with Gasteiger partial charge in [0, 0.05) is 39.1 Å². The van der Waals surface area contributed by atoms with Gasteiger partial charge in [-0.3, -0.25) is 4.57 Å². The van der Waals surface area contributed by atoms with Gasteiger partial charge in [-0.2, -0.15) is 18.2 Å². The first-order chi connectivity index (χ1) is 15.9. The number of nitrogens with zero attached hydrogens (tertiary/aromatic N) is 4. The van der Waals surface area contributed by atoms with E-state index < -0.39 is 23.1 Å². The van der Waals surface area contributed by atoms with Crippen molar-refractivity contribution < 1.29 is 13.2 Å². The van der Waals surface area contributed by atoms with Gasteiger partial charge in [0.2, 0.25) is 5.95 Å². The quantitative estimate of drug-likeness (QED) is 0.563. The minimum absolute atomic E-state index is 0.0815. The zero-order valence-corrected chi connectivity index (χ0v) is 20.0. The van der Waals surface area contributed by atoms with Crippen LogP contribution in [0.25, 0.3) is 0 Å². The molecule has 10 heteroatoms. The third-order valence-electron chi connectivity index (χ3n) is 5.00. The van der Waals surface area contributed by atoms with E-state index in [1.807, 2.05) is 21.0 Å². The van der Waals surface area contributed by atoms with Crippen molar-refractivity contribution in [2.75, 3.05) is 24.3 Å². The van der Waals surface area contributed by atoms with Crippen molar-refractivity contribution in [2.45, 2.75) is 39.4 Å². The number of rotatable bonds is 6. The van der Waals surface area contributed by atoms with Crippen LogP contribution in [0.4, 0.5) is 30.5 Å². The van der Waals surface area contributed by atoms with Crippen LogP contribution in [0.2, 0.25) is 0 Å². The number of alkyl halides is 3. The molecule has 0 saturated carbocycles. The first-order valence-corrected chi connectivity index (χ1v) is 10.8. The van der Waals surface area contributed by atoms with Gasteiger partial charge in [-0.25, -0.2) is 14.2 Å². The molecule has 0 bridgehead atoms. The van der Waals surface area contributed by atoms with Crippen LogP contribution in [0.15, 0.2) is 58.1 Å². The fourth-order valence-corrected chi connectivity index (χ4v) is 2.94. The van der Waals surface area contributed by atoms with Crippen molar-refractivity contribution in [3.8, 4) is 0 Å². The predicted octanol–water partition coefficient (Wildman–Crippen LogP) is 4.57. The van der Waals surface area contributed by atoms with E-state index >= 15 is 0 Å². The van der Waals surface area contributed by atoms with E-state index in [9.17, 15) is 22.8 Å². The Bertz CT molecular complexity index is 1200. The summed E-state index contributed by atoms with van der Waals surface area (Å²) in [5.41, 5.74) is 0.502. The number of anilines is 3. The fourth-order valence-electron chi connectivity index (χ4n) is 2.94. The maximum Gasteiger partial charge on any atom is 0.416 e. The van der Waals surface area contributed by atoms with Crippen molar-refractivity contribution >= 4 is 17.3 Å². The summed E-state index contributed by atoms with van der Waals surface area (Å²) in [6, 6.07) is 12.9. The lowest BCUT2D eigenvalue weighted by Gasteiger charge is -2.13. The number of aryl methyl sites for hydroxylation is 1. The lowest BCUT2D eigenvalue weighted by atomic mass is 10.2. The first kappa shape index (κ1) is 26.7. The van der Waals surface area contributed by atoms with Crippen LogP contribution < -0.4 is 21.6 Å². The topological polar surface area (TPSA) is 72.2 Å². The number of nitrogens with one attached hydrogen (secondary N) is 1. The third-order valence-corrected chi connectivity index (χ3v) is 5.00. The molecule has 0 unspecified atom stereocenters. The lowest BCUT2D eigenvalue weighted by molar-refractivity contribution is -0.137. The Morgan fingerprint density at radius 1 is 1.06 bits per heavy atom. The number of halogens is 3. The Kier molecular flexibility index (Phi) is 9.05. The minimum Gasteiger partial charge on any atom is -0.378 e. The molecule has 0 fully saturated rings. The summed E-state index contributed by atoms with van der Waals surface area (Å²) >= 11 is 0. The van der Waals surface area contributed by atoms with Gasteiger partial charge >= 0.3 is 17.6 Å². The SMILES string of the molecule is CCCCn1c(=O)nc(Nc2cccc(C(F)(F)F)c2)n(C)c1=O.Cc1ccc(N(C)C)cc1. The van der Waals surface area contributed by atoms with Gasteiger partial charge in [-0.05, 0) is 43.7 Å². The highest BCUT2D eigenvalue weighted by Gasteiger charge is 2.30. The molecule has 0 aliphatic heterocycles. The van der Waals surface area contributed by atoms with E-state index in [1.165, 1.54) is 30.4 Å². The Morgan fingerprint density at radius 2 is 1.71 bits per heavy atom. The molecule has 2 aromatic carbocycles. The van der Waals surface area contributed by atoms with Crippen LogP contribution in [0.3, 0.4) is 0 Å². The van der Waals surface area contributed by atoms with E-state index in [0.29, 0.717) is 6.42 Å². The minimum atomic E-state index is -4.49. The van der Waals surface area contributed by atoms with Crippen LogP contribution in [0.1, 0.15) is 30.9 Å². The van der Waals surface area contributed by atoms with Crippen LogP contribution in [0.5, 0.6) is 0 Å². The molecule has 0 radical (unpaired) electrons. The molecule has 1 aromatic heterocycles. The summed E-state index contributed by atoms with van der Waals surface area (Å²) in [5.74, 6) is -0.114. The van der Waals surface area contributed by atoms with E-state index in [1.54, 1.807) is 0 Å². The molecule has 0 spiro atoms. The van der Waals surface area contributed by atoms with Gasteiger partial charge in [-0.1, -0.05) is 37.1 Å². The van der Waals surface area contributed by atoms with Crippen molar-refractivity contribution in [2.24, 2.45) is 7.05 Å². The molecule has 0 amide bonds. The standard InChI is InChI=1S/C15H17F3N4O2.C9H13N/c1-3-4-8-22-13(23)20-12(21(2)14(22)24)19-11-7-5-6-10(9-11)15(16,17)18;1-8-4-6-9(7-5-8)10(2)3/h5-7,9H,3-4,8H2,1-2H3,(H,19,20,23);4-7H,1-3H3. The third kappa shape index (κ3) is 7.23. The Labute approximate surface area is 196 Å². The maximum absolute atomic E-state index is 12.7. The molecular formula is C24H30F3N5O2. The van der Waals surface area contributed by atoms with Gasteiger partial charge < -0.3 is 10.2 Å². The van der Waals surface area contributed by atoms with Gasteiger partial charge in [0.05, 0.1) is 5.56 Å². The average Bonchev–Trinajstić information content (AvgIpc) is 2.78. The molecule has 34 heavy (non-hydrogen) atoms. The van der Waals surface area contributed by atoms with Crippen LogP contribution in [0, 0.1) is 6.92 Å². The number of aromatic nitrogens is 3. The van der Waals surface area contributed by atoms with Crippen LogP contribution in [-0.2, 0) is 19.8 Å². The van der Waals surface area contributed by atoms with Crippen molar-refractivity contribution in [3.05, 3.63) is 80.6 Å².